The second kappa shape index (κ2) is 8.41. The van der Waals surface area contributed by atoms with Gasteiger partial charge in [0.1, 0.15) is 5.75 Å². The molecule has 0 N–H and O–H groups in total. The standard InChI is InChI=1S/C23H24N4O3/c1-17-16-21(24-27(17)19-6-4-3-5-7-19)23(29)26-14-12-25(13-15-26)22(28)18-8-10-20(30-2)11-9-18/h3-11,16H,12-15H2,1-2H3. The lowest BCUT2D eigenvalue weighted by Crippen LogP contribution is -2.50. The van der Waals surface area contributed by atoms with Crippen molar-refractivity contribution >= 4 is 11.8 Å². The molecule has 2 heterocycles. The van der Waals surface area contributed by atoms with Crippen molar-refractivity contribution in [2.24, 2.45) is 0 Å². The van der Waals surface area contributed by atoms with Gasteiger partial charge in [0.25, 0.3) is 11.8 Å². The van der Waals surface area contributed by atoms with Crippen molar-refractivity contribution in [3.8, 4) is 11.4 Å². The highest BCUT2D eigenvalue weighted by Gasteiger charge is 2.27. The number of rotatable bonds is 4. The molecule has 1 saturated heterocycles. The lowest BCUT2D eigenvalue weighted by atomic mass is 10.1. The predicted molar refractivity (Wildman–Crippen MR) is 113 cm³/mol. The van der Waals surface area contributed by atoms with Gasteiger partial charge in [-0.1, -0.05) is 18.2 Å². The minimum absolute atomic E-state index is 0.0334. The molecule has 0 atom stereocenters. The van der Waals surface area contributed by atoms with Gasteiger partial charge in [-0.15, -0.1) is 0 Å². The fourth-order valence-electron chi connectivity index (χ4n) is 3.60. The molecule has 2 aromatic carbocycles. The van der Waals surface area contributed by atoms with E-state index in [-0.39, 0.29) is 11.8 Å². The van der Waals surface area contributed by atoms with Crippen LogP contribution >= 0.6 is 0 Å². The van der Waals surface area contributed by atoms with Gasteiger partial charge in [0.15, 0.2) is 5.69 Å². The van der Waals surface area contributed by atoms with Gasteiger partial charge in [0.05, 0.1) is 12.8 Å². The number of para-hydroxylation sites is 1. The van der Waals surface area contributed by atoms with E-state index in [0.717, 1.165) is 11.4 Å². The number of hydrogen-bond acceptors (Lipinski definition) is 4. The quantitative estimate of drug-likeness (QED) is 0.671. The van der Waals surface area contributed by atoms with Crippen LogP contribution in [0.1, 0.15) is 26.5 Å². The second-order valence-electron chi connectivity index (χ2n) is 7.23. The number of amides is 2. The lowest BCUT2D eigenvalue weighted by molar-refractivity contribution is 0.0532. The first-order chi connectivity index (χ1) is 14.6. The summed E-state index contributed by atoms with van der Waals surface area (Å²) in [7, 11) is 1.59. The van der Waals surface area contributed by atoms with Crippen LogP contribution < -0.4 is 4.74 Å². The Bertz CT molecular complexity index is 1040. The van der Waals surface area contributed by atoms with Gasteiger partial charge < -0.3 is 14.5 Å². The number of carbonyl (C=O) groups is 2. The molecule has 1 fully saturated rings. The zero-order valence-electron chi connectivity index (χ0n) is 17.1. The van der Waals surface area contributed by atoms with E-state index < -0.39 is 0 Å². The first kappa shape index (κ1) is 19.7. The highest BCUT2D eigenvalue weighted by Crippen LogP contribution is 2.17. The van der Waals surface area contributed by atoms with Crippen molar-refractivity contribution in [2.75, 3.05) is 33.3 Å². The maximum Gasteiger partial charge on any atom is 0.274 e. The molecule has 30 heavy (non-hydrogen) atoms. The number of hydrogen-bond donors (Lipinski definition) is 0. The van der Waals surface area contributed by atoms with Crippen molar-refractivity contribution in [2.45, 2.75) is 6.92 Å². The highest BCUT2D eigenvalue weighted by atomic mass is 16.5. The van der Waals surface area contributed by atoms with Crippen LogP contribution in [0.4, 0.5) is 0 Å². The maximum absolute atomic E-state index is 12.9. The Balaban J connectivity index is 1.40. The fraction of sp³-hybridized carbons (Fsp3) is 0.261. The Kier molecular flexibility index (Phi) is 5.52. The fourth-order valence-corrected chi connectivity index (χ4v) is 3.60. The van der Waals surface area contributed by atoms with Crippen molar-refractivity contribution < 1.29 is 14.3 Å². The molecule has 4 rings (SSSR count). The first-order valence-corrected chi connectivity index (χ1v) is 9.91. The molecule has 1 aliphatic heterocycles. The summed E-state index contributed by atoms with van der Waals surface area (Å²) in [6.07, 6.45) is 0. The Morgan fingerprint density at radius 3 is 2.07 bits per heavy atom. The van der Waals surface area contributed by atoms with Crippen LogP contribution in [0.25, 0.3) is 5.69 Å². The number of benzene rings is 2. The third-order valence-corrected chi connectivity index (χ3v) is 5.30. The lowest BCUT2D eigenvalue weighted by Gasteiger charge is -2.34. The van der Waals surface area contributed by atoms with Gasteiger partial charge in [-0.2, -0.15) is 5.10 Å². The Morgan fingerprint density at radius 2 is 1.47 bits per heavy atom. The Morgan fingerprint density at radius 1 is 0.867 bits per heavy atom. The normalized spacial score (nSPS) is 13.9. The number of piperazine rings is 1. The largest absolute Gasteiger partial charge is 0.497 e. The zero-order chi connectivity index (χ0) is 21.1. The molecule has 154 valence electrons. The van der Waals surface area contributed by atoms with Gasteiger partial charge in [-0.05, 0) is 49.4 Å². The van der Waals surface area contributed by atoms with Gasteiger partial charge in [-0.25, -0.2) is 4.68 Å². The van der Waals surface area contributed by atoms with E-state index in [1.54, 1.807) is 45.9 Å². The number of methoxy groups -OCH3 is 1. The van der Waals surface area contributed by atoms with Crippen molar-refractivity contribution in [3.63, 3.8) is 0 Å². The molecule has 7 nitrogen and oxygen atoms in total. The van der Waals surface area contributed by atoms with Gasteiger partial charge >= 0.3 is 0 Å². The summed E-state index contributed by atoms with van der Waals surface area (Å²) in [5, 5.41) is 4.51. The predicted octanol–water partition coefficient (Wildman–Crippen LogP) is 2.79. The van der Waals surface area contributed by atoms with E-state index >= 15 is 0 Å². The van der Waals surface area contributed by atoms with Crippen LogP contribution in [-0.2, 0) is 0 Å². The van der Waals surface area contributed by atoms with E-state index in [2.05, 4.69) is 5.10 Å². The number of aromatic nitrogens is 2. The molecule has 0 saturated carbocycles. The molecule has 0 aliphatic carbocycles. The molecule has 1 aliphatic rings. The minimum Gasteiger partial charge on any atom is -0.497 e. The van der Waals surface area contributed by atoms with Crippen LogP contribution in [-0.4, -0.2) is 64.7 Å². The van der Waals surface area contributed by atoms with Crippen molar-refractivity contribution in [1.29, 1.82) is 0 Å². The molecule has 1 aromatic heterocycles. The van der Waals surface area contributed by atoms with Crippen LogP contribution in [0.2, 0.25) is 0 Å². The summed E-state index contributed by atoms with van der Waals surface area (Å²) in [6.45, 7) is 3.89. The number of aryl methyl sites for hydroxylation is 1. The van der Waals surface area contributed by atoms with Crippen molar-refractivity contribution in [3.05, 3.63) is 77.6 Å². The molecule has 7 heteroatoms. The summed E-state index contributed by atoms with van der Waals surface area (Å²) in [5.41, 5.74) is 2.86. The topological polar surface area (TPSA) is 67.7 Å². The van der Waals surface area contributed by atoms with Gasteiger partial charge in [0, 0.05) is 37.4 Å². The summed E-state index contributed by atoms with van der Waals surface area (Å²) >= 11 is 0. The summed E-state index contributed by atoms with van der Waals surface area (Å²) in [4.78, 5) is 29.2. The van der Waals surface area contributed by atoms with E-state index in [4.69, 9.17) is 4.74 Å². The molecule has 0 radical (unpaired) electrons. The Hall–Kier alpha value is -3.61. The van der Waals surface area contributed by atoms with Crippen LogP contribution in [0.3, 0.4) is 0 Å². The molecule has 2 amide bonds. The van der Waals surface area contributed by atoms with Crippen LogP contribution in [0.5, 0.6) is 5.75 Å². The zero-order valence-corrected chi connectivity index (χ0v) is 17.1. The molecule has 0 bridgehead atoms. The highest BCUT2D eigenvalue weighted by molar-refractivity contribution is 5.95. The van der Waals surface area contributed by atoms with E-state index in [0.29, 0.717) is 43.2 Å². The maximum atomic E-state index is 12.9. The van der Waals surface area contributed by atoms with Gasteiger partial charge in [0.2, 0.25) is 0 Å². The van der Waals surface area contributed by atoms with Crippen LogP contribution in [0, 0.1) is 6.92 Å². The SMILES string of the molecule is COc1ccc(C(=O)N2CCN(C(=O)c3cc(C)n(-c4ccccc4)n3)CC2)cc1. The second-order valence-corrected chi connectivity index (χ2v) is 7.23. The minimum atomic E-state index is -0.107. The number of nitrogens with zero attached hydrogens (tertiary/aromatic N) is 4. The smallest absolute Gasteiger partial charge is 0.274 e. The molecular formula is C23H24N4O3. The van der Waals surface area contributed by atoms with E-state index in [1.807, 2.05) is 43.3 Å². The molecule has 3 aromatic rings. The number of ether oxygens (including phenoxy) is 1. The third kappa shape index (κ3) is 3.91. The first-order valence-electron chi connectivity index (χ1n) is 9.91. The van der Waals surface area contributed by atoms with E-state index in [1.165, 1.54) is 0 Å². The molecule has 0 unspecified atom stereocenters. The van der Waals surface area contributed by atoms with Gasteiger partial charge in [-0.3, -0.25) is 9.59 Å². The number of carbonyl (C=O) groups excluding carboxylic acids is 2. The third-order valence-electron chi connectivity index (χ3n) is 5.30. The summed E-state index contributed by atoms with van der Waals surface area (Å²) in [6, 6.07) is 18.6. The van der Waals surface area contributed by atoms with E-state index in [9.17, 15) is 9.59 Å². The monoisotopic (exact) mass is 404 g/mol. The molecule has 0 spiro atoms. The average molecular weight is 404 g/mol. The van der Waals surface area contributed by atoms with Crippen LogP contribution in [0.15, 0.2) is 60.7 Å². The average Bonchev–Trinajstić information content (AvgIpc) is 3.20. The van der Waals surface area contributed by atoms with Crippen molar-refractivity contribution in [1.82, 2.24) is 19.6 Å². The summed E-state index contributed by atoms with van der Waals surface area (Å²) in [5.74, 6) is 0.575. The summed E-state index contributed by atoms with van der Waals surface area (Å²) < 4.78 is 6.91. The Labute approximate surface area is 175 Å². The molecular weight excluding hydrogens is 380 g/mol.